The Hall–Kier alpha value is -1.02. The molecule has 1 atom stereocenters. The second-order valence-electron chi connectivity index (χ2n) is 7.18. The number of amides is 2. The fourth-order valence-electron chi connectivity index (χ4n) is 2.71. The first-order valence-electron chi connectivity index (χ1n) is 7.65. The predicted octanol–water partition coefficient (Wildman–Crippen LogP) is 1.41. The number of nitrogens with zero attached hydrogens (tertiary/aromatic N) is 2. The third kappa shape index (κ3) is 4.97. The van der Waals surface area contributed by atoms with Crippen molar-refractivity contribution >= 4 is 31.7 Å². The minimum Gasteiger partial charge on any atom is -0.444 e. The molecule has 2 fully saturated rings. The van der Waals surface area contributed by atoms with E-state index in [0.29, 0.717) is 25.6 Å². The van der Waals surface area contributed by atoms with Crippen molar-refractivity contribution in [3.05, 3.63) is 0 Å². The van der Waals surface area contributed by atoms with Gasteiger partial charge in [0.25, 0.3) is 0 Å². The highest BCUT2D eigenvalue weighted by molar-refractivity contribution is 8.14. The number of carbonyl (C=O) groups is 2. The van der Waals surface area contributed by atoms with Gasteiger partial charge in [-0.05, 0) is 33.1 Å². The molecule has 0 N–H and O–H groups in total. The van der Waals surface area contributed by atoms with E-state index in [1.165, 1.54) is 0 Å². The average Bonchev–Trinajstić information content (AvgIpc) is 2.66. The lowest BCUT2D eigenvalue weighted by molar-refractivity contribution is -0.128. The van der Waals surface area contributed by atoms with Crippen molar-refractivity contribution in [2.75, 3.05) is 26.2 Å². The maximum absolute atomic E-state index is 11.8. The number of hydrogen-bond donors (Lipinski definition) is 0. The zero-order chi connectivity index (χ0) is 17.4. The number of likely N-dealkylation sites (tertiary alicyclic amines) is 2. The minimum atomic E-state index is -3.70. The summed E-state index contributed by atoms with van der Waals surface area (Å²) < 4.78 is 27.9. The van der Waals surface area contributed by atoms with E-state index in [9.17, 15) is 18.0 Å². The minimum absolute atomic E-state index is 0.0411. The molecule has 0 aromatic carbocycles. The van der Waals surface area contributed by atoms with Crippen molar-refractivity contribution in [3.63, 3.8) is 0 Å². The van der Waals surface area contributed by atoms with Crippen molar-refractivity contribution in [2.24, 2.45) is 5.92 Å². The Morgan fingerprint density at radius 2 is 1.91 bits per heavy atom. The third-order valence-electron chi connectivity index (χ3n) is 3.99. The molecule has 0 aromatic heterocycles. The normalized spacial score (nSPS) is 23.1. The van der Waals surface area contributed by atoms with E-state index in [2.05, 4.69) is 0 Å². The molecule has 0 saturated carbocycles. The fraction of sp³-hybridized carbons (Fsp3) is 0.857. The van der Waals surface area contributed by atoms with Gasteiger partial charge in [-0.25, -0.2) is 13.2 Å². The van der Waals surface area contributed by atoms with Crippen molar-refractivity contribution in [3.8, 4) is 0 Å². The molecule has 0 aromatic rings. The van der Waals surface area contributed by atoms with Crippen molar-refractivity contribution in [2.45, 2.75) is 44.5 Å². The second kappa shape index (κ2) is 6.47. The zero-order valence-corrected chi connectivity index (χ0v) is 15.2. The summed E-state index contributed by atoms with van der Waals surface area (Å²) >= 11 is 0. The lowest BCUT2D eigenvalue weighted by Crippen LogP contribution is -2.52. The number of rotatable bonds is 4. The number of ether oxygens (including phenoxy) is 1. The van der Waals surface area contributed by atoms with E-state index in [1.807, 2.05) is 20.8 Å². The Morgan fingerprint density at radius 1 is 1.30 bits per heavy atom. The van der Waals surface area contributed by atoms with Crippen LogP contribution < -0.4 is 0 Å². The van der Waals surface area contributed by atoms with Gasteiger partial charge in [-0.1, -0.05) is 0 Å². The second-order valence-corrected chi connectivity index (χ2v) is 10.1. The van der Waals surface area contributed by atoms with Crippen LogP contribution in [0.3, 0.4) is 0 Å². The van der Waals surface area contributed by atoms with Crippen LogP contribution in [-0.2, 0) is 18.6 Å². The Balaban J connectivity index is 1.71. The molecule has 132 valence electrons. The standard InChI is InChI=1S/C14H23ClN2O5S/c1-14(2,3)22-13(19)17-7-10(8-17)4-5-16-9-11(6-12(16)18)23(15,20)21/h10-11H,4-9H2,1-3H3. The number of carbonyl (C=O) groups excluding carboxylic acids is 2. The van der Waals surface area contributed by atoms with Crippen LogP contribution in [-0.4, -0.2) is 67.2 Å². The van der Waals surface area contributed by atoms with E-state index in [1.54, 1.807) is 9.80 Å². The number of hydrogen-bond acceptors (Lipinski definition) is 5. The molecular weight excluding hydrogens is 344 g/mol. The Labute approximate surface area is 141 Å². The largest absolute Gasteiger partial charge is 0.444 e. The molecule has 2 heterocycles. The highest BCUT2D eigenvalue weighted by Crippen LogP contribution is 2.25. The van der Waals surface area contributed by atoms with Crippen LogP contribution in [0.2, 0.25) is 0 Å². The maximum atomic E-state index is 11.8. The first-order valence-corrected chi connectivity index (χ1v) is 10.0. The number of halogens is 1. The van der Waals surface area contributed by atoms with Gasteiger partial charge in [-0.15, -0.1) is 0 Å². The van der Waals surface area contributed by atoms with Crippen LogP contribution in [0.15, 0.2) is 0 Å². The van der Waals surface area contributed by atoms with Crippen molar-refractivity contribution < 1.29 is 22.7 Å². The van der Waals surface area contributed by atoms with Gasteiger partial charge >= 0.3 is 6.09 Å². The quantitative estimate of drug-likeness (QED) is 0.702. The summed E-state index contributed by atoms with van der Waals surface area (Å²) in [7, 11) is 1.62. The fourth-order valence-corrected chi connectivity index (χ4v) is 3.76. The molecule has 0 spiro atoms. The summed E-state index contributed by atoms with van der Waals surface area (Å²) in [6.45, 7) is 7.33. The van der Waals surface area contributed by atoms with Crippen molar-refractivity contribution in [1.82, 2.24) is 9.80 Å². The van der Waals surface area contributed by atoms with E-state index < -0.39 is 19.9 Å². The summed E-state index contributed by atoms with van der Waals surface area (Å²) in [6, 6.07) is 0. The van der Waals surface area contributed by atoms with E-state index in [0.717, 1.165) is 6.42 Å². The molecule has 9 heteroatoms. The lowest BCUT2D eigenvalue weighted by atomic mass is 9.97. The van der Waals surface area contributed by atoms with E-state index in [4.69, 9.17) is 15.4 Å². The van der Waals surface area contributed by atoms with Crippen LogP contribution in [0.1, 0.15) is 33.6 Å². The SMILES string of the molecule is CC(C)(C)OC(=O)N1CC(CCN2CC(S(=O)(=O)Cl)CC2=O)C1. The Kier molecular flexibility index (Phi) is 5.15. The summed E-state index contributed by atoms with van der Waals surface area (Å²) in [4.78, 5) is 26.8. The molecule has 0 radical (unpaired) electrons. The van der Waals surface area contributed by atoms with Crippen molar-refractivity contribution in [1.29, 1.82) is 0 Å². The molecule has 2 aliphatic rings. The Bertz CT molecular complexity index is 580. The predicted molar refractivity (Wildman–Crippen MR) is 85.7 cm³/mol. The molecule has 2 rings (SSSR count). The third-order valence-corrected chi connectivity index (χ3v) is 5.86. The summed E-state index contributed by atoms with van der Waals surface area (Å²) in [5, 5.41) is -0.809. The highest BCUT2D eigenvalue weighted by atomic mass is 35.7. The van der Waals surface area contributed by atoms with Crippen LogP contribution in [0.5, 0.6) is 0 Å². The van der Waals surface area contributed by atoms with Gasteiger partial charge in [0.15, 0.2) is 0 Å². The first kappa shape index (κ1) is 18.3. The molecule has 0 bridgehead atoms. The molecular formula is C14H23ClN2O5S. The van der Waals surface area contributed by atoms with Gasteiger partial charge < -0.3 is 14.5 Å². The van der Waals surface area contributed by atoms with Gasteiger partial charge in [0.1, 0.15) is 10.9 Å². The van der Waals surface area contributed by atoms with Gasteiger partial charge in [-0.3, -0.25) is 4.79 Å². The maximum Gasteiger partial charge on any atom is 0.410 e. The molecule has 0 aliphatic carbocycles. The van der Waals surface area contributed by atoms with Crippen LogP contribution in [0.4, 0.5) is 4.79 Å². The molecule has 2 amide bonds. The average molecular weight is 367 g/mol. The van der Waals surface area contributed by atoms with Crippen LogP contribution >= 0.6 is 10.7 Å². The van der Waals surface area contributed by atoms with Gasteiger partial charge in [0.2, 0.25) is 15.0 Å². The Morgan fingerprint density at radius 3 is 2.39 bits per heavy atom. The molecule has 7 nitrogen and oxygen atoms in total. The molecule has 2 aliphatic heterocycles. The van der Waals surface area contributed by atoms with Gasteiger partial charge in [0.05, 0.1) is 0 Å². The molecule has 23 heavy (non-hydrogen) atoms. The monoisotopic (exact) mass is 366 g/mol. The first-order chi connectivity index (χ1) is 10.5. The lowest BCUT2D eigenvalue weighted by Gasteiger charge is -2.40. The van der Waals surface area contributed by atoms with E-state index in [-0.39, 0.29) is 25.0 Å². The van der Waals surface area contributed by atoms with Gasteiger partial charge in [-0.2, -0.15) is 0 Å². The summed E-state index contributed by atoms with van der Waals surface area (Å²) in [6.07, 6.45) is 0.375. The van der Waals surface area contributed by atoms with E-state index >= 15 is 0 Å². The molecule has 1 unspecified atom stereocenters. The van der Waals surface area contributed by atoms with Gasteiger partial charge in [0, 0.05) is 43.3 Å². The van der Waals surface area contributed by atoms with Crippen LogP contribution in [0, 0.1) is 5.92 Å². The highest BCUT2D eigenvalue weighted by Gasteiger charge is 2.38. The smallest absolute Gasteiger partial charge is 0.410 e. The summed E-state index contributed by atoms with van der Waals surface area (Å²) in [5.74, 6) is 0.129. The zero-order valence-electron chi connectivity index (χ0n) is 13.6. The molecule has 2 saturated heterocycles. The topological polar surface area (TPSA) is 84.0 Å². The van der Waals surface area contributed by atoms with Crippen LogP contribution in [0.25, 0.3) is 0 Å². The summed E-state index contributed by atoms with van der Waals surface area (Å²) in [5.41, 5.74) is -0.508.